The summed E-state index contributed by atoms with van der Waals surface area (Å²) in [6, 6.07) is 34.6. The van der Waals surface area contributed by atoms with Crippen LogP contribution in [0.15, 0.2) is 122 Å². The lowest BCUT2D eigenvalue weighted by Crippen LogP contribution is -2.39. The Kier molecular flexibility index (Phi) is 6.49. The third kappa shape index (κ3) is 4.25. The summed E-state index contributed by atoms with van der Waals surface area (Å²) in [6.07, 6.45) is 3.12. The molecule has 2 heterocycles. The van der Waals surface area contributed by atoms with Gasteiger partial charge in [-0.3, -0.25) is 4.98 Å². The number of halogens is 1. The van der Waals surface area contributed by atoms with Gasteiger partial charge in [-0.05, 0) is 40.1 Å². The Labute approximate surface area is 230 Å². The molecular weight excluding hydrogens is 503 g/mol. The summed E-state index contributed by atoms with van der Waals surface area (Å²) in [5.74, 6) is 0.186. The molecule has 0 fully saturated rings. The van der Waals surface area contributed by atoms with Crippen molar-refractivity contribution >= 4 is 5.69 Å². The molecule has 0 spiro atoms. The molecule has 2 N–H and O–H groups in total. The predicted molar refractivity (Wildman–Crippen MR) is 152 cm³/mol. The van der Waals surface area contributed by atoms with E-state index in [1.54, 1.807) is 29.3 Å². The number of benzene rings is 4. The van der Waals surface area contributed by atoms with Gasteiger partial charge in [-0.1, -0.05) is 91.0 Å². The van der Waals surface area contributed by atoms with Crippen LogP contribution in [0.4, 0.5) is 10.1 Å². The number of nitrogens with two attached hydrogens (primary N) is 1. The van der Waals surface area contributed by atoms with Crippen molar-refractivity contribution < 1.29 is 9.13 Å². The molecule has 8 heteroatoms. The fourth-order valence-corrected chi connectivity index (χ4v) is 5.11. The highest BCUT2D eigenvalue weighted by molar-refractivity contribution is 5.83. The zero-order valence-corrected chi connectivity index (χ0v) is 21.6. The second-order valence-electron chi connectivity index (χ2n) is 9.25. The Hall–Kier alpha value is -5.37. The molecule has 7 nitrogen and oxygen atoms in total. The van der Waals surface area contributed by atoms with Crippen molar-refractivity contribution in [3.05, 3.63) is 144 Å². The van der Waals surface area contributed by atoms with E-state index >= 15 is 4.39 Å². The third-order valence-electron chi connectivity index (χ3n) is 6.88. The number of aromatic nitrogens is 5. The van der Waals surface area contributed by atoms with Crippen molar-refractivity contribution in [3.8, 4) is 28.3 Å². The predicted octanol–water partition coefficient (Wildman–Crippen LogP) is 5.97. The van der Waals surface area contributed by atoms with Crippen molar-refractivity contribution in [3.63, 3.8) is 0 Å². The smallest absolute Gasteiger partial charge is 0.205 e. The summed E-state index contributed by atoms with van der Waals surface area (Å²) in [4.78, 5) is 5.80. The summed E-state index contributed by atoms with van der Waals surface area (Å²) < 4.78 is 20.8. The first-order valence-electron chi connectivity index (χ1n) is 12.7. The Balaban J connectivity index is 1.62. The van der Waals surface area contributed by atoms with Crippen LogP contribution in [0, 0.1) is 5.82 Å². The van der Waals surface area contributed by atoms with Crippen molar-refractivity contribution in [2.24, 2.45) is 0 Å². The number of nitrogen functional groups attached to an aromatic ring is 1. The van der Waals surface area contributed by atoms with Gasteiger partial charge < -0.3 is 10.5 Å². The number of hydrogen-bond acceptors (Lipinski definition) is 6. The summed E-state index contributed by atoms with van der Waals surface area (Å²) in [6.45, 7) is 0. The maximum Gasteiger partial charge on any atom is 0.205 e. The van der Waals surface area contributed by atoms with E-state index in [1.165, 1.54) is 13.2 Å². The first-order chi connectivity index (χ1) is 19.6. The van der Waals surface area contributed by atoms with Gasteiger partial charge in [-0.2, -0.15) is 0 Å². The molecule has 0 aliphatic carbocycles. The van der Waals surface area contributed by atoms with Crippen LogP contribution in [0.1, 0.15) is 16.7 Å². The maximum absolute atomic E-state index is 15.5. The molecule has 0 amide bonds. The zero-order valence-electron chi connectivity index (χ0n) is 21.6. The van der Waals surface area contributed by atoms with E-state index in [0.29, 0.717) is 16.9 Å². The molecule has 2 aromatic heterocycles. The average Bonchev–Trinajstić information content (AvgIpc) is 3.49. The van der Waals surface area contributed by atoms with E-state index in [-0.39, 0.29) is 17.1 Å². The minimum absolute atomic E-state index is 0.219. The fourth-order valence-electron chi connectivity index (χ4n) is 5.11. The van der Waals surface area contributed by atoms with Gasteiger partial charge in [0, 0.05) is 28.6 Å². The van der Waals surface area contributed by atoms with Crippen LogP contribution in [0.25, 0.3) is 22.5 Å². The van der Waals surface area contributed by atoms with E-state index in [4.69, 9.17) is 15.6 Å². The molecule has 0 radical (unpaired) electrons. The molecule has 0 unspecified atom stereocenters. The van der Waals surface area contributed by atoms with Crippen molar-refractivity contribution in [1.29, 1.82) is 0 Å². The maximum atomic E-state index is 15.5. The van der Waals surface area contributed by atoms with E-state index < -0.39 is 11.4 Å². The molecule has 0 saturated carbocycles. The molecule has 0 bridgehead atoms. The van der Waals surface area contributed by atoms with Crippen LogP contribution >= 0.6 is 0 Å². The average molecular weight is 529 g/mol. The summed E-state index contributed by atoms with van der Waals surface area (Å²) >= 11 is 0. The highest BCUT2D eigenvalue weighted by atomic mass is 19.1. The van der Waals surface area contributed by atoms with Gasteiger partial charge in [0.1, 0.15) is 11.6 Å². The van der Waals surface area contributed by atoms with Gasteiger partial charge >= 0.3 is 0 Å². The number of methoxy groups -OCH3 is 1. The fraction of sp³-hybridized carbons (Fsp3) is 0.0625. The van der Waals surface area contributed by atoms with Crippen LogP contribution in [-0.2, 0) is 5.54 Å². The Morgan fingerprint density at radius 1 is 0.775 bits per heavy atom. The van der Waals surface area contributed by atoms with E-state index in [1.807, 2.05) is 91.0 Å². The Morgan fingerprint density at radius 3 is 1.90 bits per heavy atom. The second-order valence-corrected chi connectivity index (χ2v) is 9.25. The highest BCUT2D eigenvalue weighted by Gasteiger charge is 2.41. The van der Waals surface area contributed by atoms with Crippen LogP contribution in [0.2, 0.25) is 0 Å². The molecule has 6 rings (SSSR count). The Bertz CT molecular complexity index is 1660. The second kappa shape index (κ2) is 10.4. The number of ether oxygens (including phenoxy) is 1. The van der Waals surface area contributed by atoms with Gasteiger partial charge in [0.15, 0.2) is 5.54 Å². The van der Waals surface area contributed by atoms with Gasteiger partial charge in [0.25, 0.3) is 0 Å². The molecule has 0 aliphatic rings. The van der Waals surface area contributed by atoms with Crippen LogP contribution < -0.4 is 10.5 Å². The lowest BCUT2D eigenvalue weighted by atomic mass is 9.77. The molecule has 0 aliphatic heterocycles. The first kappa shape index (κ1) is 24.9. The van der Waals surface area contributed by atoms with E-state index in [9.17, 15) is 0 Å². The topological polar surface area (TPSA) is 91.7 Å². The standard InChI is InChI=1S/C32H25FN6O/c1-40-27-17-22(20-35-21-27)30-28(18-26(34)19-29(30)33)31-36-38-39(37-31)32(23-11-5-2-6-12-23,24-13-7-3-8-14-24)25-15-9-4-10-16-25/h2-21H,34H2,1H3. The van der Waals surface area contributed by atoms with Crippen molar-refractivity contribution in [1.82, 2.24) is 25.2 Å². The number of rotatable bonds is 7. The molecule has 0 saturated heterocycles. The van der Waals surface area contributed by atoms with E-state index in [2.05, 4.69) is 15.3 Å². The molecule has 4 aromatic carbocycles. The molecular formula is C32H25FN6O. The Morgan fingerprint density at radius 2 is 1.35 bits per heavy atom. The van der Waals surface area contributed by atoms with Crippen molar-refractivity contribution in [2.45, 2.75) is 5.54 Å². The number of hydrogen-bond donors (Lipinski definition) is 1. The van der Waals surface area contributed by atoms with Gasteiger partial charge in [-0.15, -0.1) is 15.0 Å². The first-order valence-corrected chi connectivity index (χ1v) is 12.7. The largest absolute Gasteiger partial charge is 0.495 e. The van der Waals surface area contributed by atoms with Crippen LogP contribution in [-0.4, -0.2) is 32.3 Å². The normalized spacial score (nSPS) is 11.3. The lowest BCUT2D eigenvalue weighted by molar-refractivity contribution is 0.396. The van der Waals surface area contributed by atoms with Gasteiger partial charge in [0.2, 0.25) is 5.82 Å². The zero-order chi connectivity index (χ0) is 27.5. The number of tetrazole rings is 1. The lowest BCUT2D eigenvalue weighted by Gasteiger charge is -2.34. The molecule has 196 valence electrons. The molecule has 0 atom stereocenters. The minimum atomic E-state index is -0.967. The van der Waals surface area contributed by atoms with Crippen LogP contribution in [0.5, 0.6) is 5.75 Å². The number of anilines is 1. The molecule has 40 heavy (non-hydrogen) atoms. The third-order valence-corrected chi connectivity index (χ3v) is 6.88. The number of pyridine rings is 1. The monoisotopic (exact) mass is 528 g/mol. The van der Waals surface area contributed by atoms with Gasteiger partial charge in [-0.25, -0.2) is 4.39 Å². The van der Waals surface area contributed by atoms with E-state index in [0.717, 1.165) is 16.7 Å². The summed E-state index contributed by atoms with van der Waals surface area (Å²) in [5.41, 5.74) is 9.34. The minimum Gasteiger partial charge on any atom is -0.495 e. The molecule has 6 aromatic rings. The van der Waals surface area contributed by atoms with Crippen LogP contribution in [0.3, 0.4) is 0 Å². The summed E-state index contributed by atoms with van der Waals surface area (Å²) in [5, 5.41) is 14.0. The SMILES string of the molecule is COc1cncc(-c2c(F)cc(N)cc2-c2nnn(C(c3ccccc3)(c3ccccc3)c3ccccc3)n2)c1. The quantitative estimate of drug-likeness (QED) is 0.203. The highest BCUT2D eigenvalue weighted by Crippen LogP contribution is 2.41. The number of nitrogens with zero attached hydrogens (tertiary/aromatic N) is 5. The summed E-state index contributed by atoms with van der Waals surface area (Å²) in [7, 11) is 1.53. The van der Waals surface area contributed by atoms with Gasteiger partial charge in [0.05, 0.1) is 13.3 Å². The van der Waals surface area contributed by atoms with Crippen molar-refractivity contribution in [2.75, 3.05) is 12.8 Å².